The van der Waals surface area contributed by atoms with Crippen molar-refractivity contribution in [1.29, 1.82) is 0 Å². The van der Waals surface area contributed by atoms with Crippen LogP contribution in [0.1, 0.15) is 18.9 Å². The van der Waals surface area contributed by atoms with Crippen LogP contribution in [0.4, 0.5) is 0 Å². The molecule has 0 spiro atoms. The fraction of sp³-hybridized carbons (Fsp3) is 0.500. The number of hydrogen-bond donors (Lipinski definition) is 2. The molecule has 1 rings (SSSR count). The average molecular weight is 250 g/mol. The zero-order chi connectivity index (χ0) is 13.2. The first-order valence-corrected chi connectivity index (χ1v) is 6.36. The largest absolute Gasteiger partial charge is 0.497 e. The Morgan fingerprint density at radius 1 is 1.33 bits per heavy atom. The van der Waals surface area contributed by atoms with Gasteiger partial charge in [-0.2, -0.15) is 0 Å². The summed E-state index contributed by atoms with van der Waals surface area (Å²) in [5.41, 5.74) is 1.24. The van der Waals surface area contributed by atoms with Crippen LogP contribution in [0.2, 0.25) is 0 Å². The third-order valence-electron chi connectivity index (χ3n) is 2.63. The number of hydrogen-bond acceptors (Lipinski definition) is 3. The summed E-state index contributed by atoms with van der Waals surface area (Å²) in [6, 6.07) is 8.04. The van der Waals surface area contributed by atoms with Crippen molar-refractivity contribution in [3.8, 4) is 5.75 Å². The highest BCUT2D eigenvalue weighted by molar-refractivity contribution is 5.75. The van der Waals surface area contributed by atoms with E-state index in [9.17, 15) is 4.79 Å². The molecule has 0 saturated heterocycles. The predicted molar refractivity (Wildman–Crippen MR) is 72.9 cm³/mol. The molecule has 0 aliphatic heterocycles. The summed E-state index contributed by atoms with van der Waals surface area (Å²) in [6.07, 6.45) is 1.47. The van der Waals surface area contributed by atoms with Crippen LogP contribution in [-0.2, 0) is 11.2 Å². The molecule has 4 heteroatoms. The van der Waals surface area contributed by atoms with E-state index in [0.29, 0.717) is 13.0 Å². The van der Waals surface area contributed by atoms with Gasteiger partial charge in [0, 0.05) is 19.5 Å². The van der Waals surface area contributed by atoms with Gasteiger partial charge >= 0.3 is 0 Å². The summed E-state index contributed by atoms with van der Waals surface area (Å²) in [4.78, 5) is 11.2. The molecule has 1 amide bonds. The molecule has 0 heterocycles. The molecule has 0 unspecified atom stereocenters. The van der Waals surface area contributed by atoms with E-state index in [2.05, 4.69) is 16.7 Å². The van der Waals surface area contributed by atoms with E-state index in [0.717, 1.165) is 25.3 Å². The summed E-state index contributed by atoms with van der Waals surface area (Å²) >= 11 is 0. The highest BCUT2D eigenvalue weighted by Crippen LogP contribution is 2.12. The van der Waals surface area contributed by atoms with Crippen LogP contribution in [0.3, 0.4) is 0 Å². The maximum absolute atomic E-state index is 11.2. The fourth-order valence-electron chi connectivity index (χ4n) is 1.67. The summed E-state index contributed by atoms with van der Waals surface area (Å²) < 4.78 is 5.17. The van der Waals surface area contributed by atoms with Gasteiger partial charge in [-0.05, 0) is 37.6 Å². The van der Waals surface area contributed by atoms with E-state index >= 15 is 0 Å². The van der Waals surface area contributed by atoms with Crippen LogP contribution in [-0.4, -0.2) is 32.7 Å². The molecule has 2 N–H and O–H groups in total. The lowest BCUT2D eigenvalue weighted by atomic mass is 10.1. The zero-order valence-corrected chi connectivity index (χ0v) is 11.2. The monoisotopic (exact) mass is 250 g/mol. The molecular weight excluding hydrogens is 228 g/mol. The number of rotatable bonds is 8. The van der Waals surface area contributed by atoms with Crippen molar-refractivity contribution in [2.24, 2.45) is 0 Å². The second-order valence-corrected chi connectivity index (χ2v) is 4.06. The van der Waals surface area contributed by atoms with E-state index < -0.39 is 0 Å². The zero-order valence-electron chi connectivity index (χ0n) is 11.2. The molecule has 0 radical (unpaired) electrons. The summed E-state index contributed by atoms with van der Waals surface area (Å²) in [6.45, 7) is 4.21. The van der Waals surface area contributed by atoms with Gasteiger partial charge in [-0.3, -0.25) is 4.79 Å². The van der Waals surface area contributed by atoms with Crippen LogP contribution >= 0.6 is 0 Å². The van der Waals surface area contributed by atoms with E-state index in [-0.39, 0.29) is 5.91 Å². The Hall–Kier alpha value is -1.55. The minimum Gasteiger partial charge on any atom is -0.497 e. The molecule has 0 fully saturated rings. The van der Waals surface area contributed by atoms with Crippen LogP contribution in [0.25, 0.3) is 0 Å². The molecule has 18 heavy (non-hydrogen) atoms. The Morgan fingerprint density at radius 3 is 2.89 bits per heavy atom. The van der Waals surface area contributed by atoms with Gasteiger partial charge in [0.2, 0.25) is 5.91 Å². The number of ether oxygens (including phenoxy) is 1. The lowest BCUT2D eigenvalue weighted by Crippen LogP contribution is -2.28. The van der Waals surface area contributed by atoms with E-state index in [4.69, 9.17) is 4.74 Å². The smallest absolute Gasteiger partial charge is 0.221 e. The minimum absolute atomic E-state index is 0.103. The molecule has 0 saturated carbocycles. The van der Waals surface area contributed by atoms with Crippen molar-refractivity contribution >= 4 is 5.91 Å². The average Bonchev–Trinajstić information content (AvgIpc) is 2.39. The topological polar surface area (TPSA) is 50.4 Å². The Labute approximate surface area is 109 Å². The highest BCUT2D eigenvalue weighted by Gasteiger charge is 1.99. The second kappa shape index (κ2) is 8.53. The molecule has 0 bridgehead atoms. The molecule has 4 nitrogen and oxygen atoms in total. The number of methoxy groups -OCH3 is 1. The number of carbonyl (C=O) groups excluding carboxylic acids is 1. The molecule has 0 aromatic heterocycles. The van der Waals surface area contributed by atoms with Gasteiger partial charge in [-0.25, -0.2) is 0 Å². The molecule has 0 atom stereocenters. The third kappa shape index (κ3) is 5.68. The first-order valence-electron chi connectivity index (χ1n) is 6.36. The standard InChI is InChI=1S/C14H22N2O2/c1-3-16-14(17)8-10-15-9-7-12-5-4-6-13(11-12)18-2/h4-6,11,15H,3,7-10H2,1-2H3,(H,16,17). The van der Waals surface area contributed by atoms with Crippen molar-refractivity contribution in [1.82, 2.24) is 10.6 Å². The normalized spacial score (nSPS) is 10.1. The Kier molecular flexibility index (Phi) is 6.87. The first-order chi connectivity index (χ1) is 8.76. The van der Waals surface area contributed by atoms with Crippen LogP contribution in [0.5, 0.6) is 5.75 Å². The van der Waals surface area contributed by atoms with Crippen molar-refractivity contribution in [3.63, 3.8) is 0 Å². The minimum atomic E-state index is 0.103. The molecule has 0 aliphatic rings. The van der Waals surface area contributed by atoms with E-state index in [1.165, 1.54) is 5.56 Å². The number of benzene rings is 1. The Bertz CT molecular complexity index is 367. The first kappa shape index (κ1) is 14.5. The highest BCUT2D eigenvalue weighted by atomic mass is 16.5. The molecule has 100 valence electrons. The molecular formula is C14H22N2O2. The van der Waals surface area contributed by atoms with Crippen LogP contribution < -0.4 is 15.4 Å². The SMILES string of the molecule is CCNC(=O)CCNCCc1cccc(OC)c1. The van der Waals surface area contributed by atoms with Crippen LogP contribution in [0, 0.1) is 0 Å². The predicted octanol–water partition coefficient (Wildman–Crippen LogP) is 1.35. The maximum Gasteiger partial charge on any atom is 0.221 e. The number of carbonyl (C=O) groups is 1. The maximum atomic E-state index is 11.2. The Balaban J connectivity index is 2.15. The van der Waals surface area contributed by atoms with Gasteiger partial charge < -0.3 is 15.4 Å². The van der Waals surface area contributed by atoms with E-state index in [1.54, 1.807) is 7.11 Å². The second-order valence-electron chi connectivity index (χ2n) is 4.06. The van der Waals surface area contributed by atoms with Gasteiger partial charge in [-0.15, -0.1) is 0 Å². The van der Waals surface area contributed by atoms with Gasteiger partial charge in [0.15, 0.2) is 0 Å². The van der Waals surface area contributed by atoms with Gasteiger partial charge in [0.25, 0.3) is 0 Å². The quantitative estimate of drug-likeness (QED) is 0.685. The summed E-state index contributed by atoms with van der Waals surface area (Å²) in [5.74, 6) is 0.987. The molecule has 1 aromatic carbocycles. The van der Waals surface area contributed by atoms with Gasteiger partial charge in [0.05, 0.1) is 7.11 Å². The van der Waals surface area contributed by atoms with Crippen molar-refractivity contribution in [2.45, 2.75) is 19.8 Å². The van der Waals surface area contributed by atoms with Crippen LogP contribution in [0.15, 0.2) is 24.3 Å². The number of nitrogens with one attached hydrogen (secondary N) is 2. The number of amides is 1. The molecule has 0 aliphatic carbocycles. The lowest BCUT2D eigenvalue weighted by molar-refractivity contribution is -0.120. The summed E-state index contributed by atoms with van der Waals surface area (Å²) in [5, 5.41) is 6.03. The molecule has 1 aromatic rings. The van der Waals surface area contributed by atoms with Crippen molar-refractivity contribution in [3.05, 3.63) is 29.8 Å². The lowest BCUT2D eigenvalue weighted by Gasteiger charge is -2.06. The van der Waals surface area contributed by atoms with Gasteiger partial charge in [-0.1, -0.05) is 12.1 Å². The Morgan fingerprint density at radius 2 is 2.17 bits per heavy atom. The fourth-order valence-corrected chi connectivity index (χ4v) is 1.67. The third-order valence-corrected chi connectivity index (χ3v) is 2.63. The van der Waals surface area contributed by atoms with Crippen molar-refractivity contribution in [2.75, 3.05) is 26.7 Å². The van der Waals surface area contributed by atoms with E-state index in [1.807, 2.05) is 25.1 Å². The summed E-state index contributed by atoms with van der Waals surface area (Å²) in [7, 11) is 1.67. The van der Waals surface area contributed by atoms with Crippen molar-refractivity contribution < 1.29 is 9.53 Å². The van der Waals surface area contributed by atoms with Gasteiger partial charge in [0.1, 0.15) is 5.75 Å².